The Morgan fingerprint density at radius 3 is 2.25 bits per heavy atom. The quantitative estimate of drug-likeness (QED) is 0.508. The van der Waals surface area contributed by atoms with Crippen LogP contribution in [0.25, 0.3) is 0 Å². The minimum Gasteiger partial charge on any atom is -0.243 e. The molecule has 4 aliphatic rings. The van der Waals surface area contributed by atoms with Gasteiger partial charge in [0.2, 0.25) is 12.1 Å². The van der Waals surface area contributed by atoms with Crippen LogP contribution in [0.15, 0.2) is 0 Å². The predicted molar refractivity (Wildman–Crippen MR) is 41.6 cm³/mol. The van der Waals surface area contributed by atoms with E-state index >= 15 is 0 Å². The molecule has 2 saturated carbocycles. The number of rotatable bonds is 0. The van der Waals surface area contributed by atoms with Crippen molar-refractivity contribution in [2.75, 3.05) is 0 Å². The van der Waals surface area contributed by atoms with E-state index in [2.05, 4.69) is 0 Å². The maximum Gasteiger partial charge on any atom is 0.205 e. The van der Waals surface area contributed by atoms with Gasteiger partial charge in [0.05, 0.1) is 0 Å². The SMILES string of the molecule is O=[N+]1C2CC3CC1CC(F)(C3)C2. The minimum absolute atomic E-state index is 0.0150. The summed E-state index contributed by atoms with van der Waals surface area (Å²) in [5, 5.41) is 0. The second kappa shape index (κ2) is 1.88. The van der Waals surface area contributed by atoms with Crippen molar-refractivity contribution in [1.29, 1.82) is 0 Å². The average Bonchev–Trinajstić information content (AvgIpc) is 1.96. The van der Waals surface area contributed by atoms with E-state index in [0.29, 0.717) is 18.8 Å². The van der Waals surface area contributed by atoms with Crippen molar-refractivity contribution in [3.8, 4) is 0 Å². The van der Waals surface area contributed by atoms with Crippen LogP contribution in [0, 0.1) is 10.8 Å². The van der Waals surface area contributed by atoms with Crippen LogP contribution in [-0.4, -0.2) is 22.5 Å². The topological polar surface area (TPSA) is 20.1 Å². The molecule has 3 heteroatoms. The van der Waals surface area contributed by atoms with E-state index in [1.807, 2.05) is 0 Å². The van der Waals surface area contributed by atoms with Crippen molar-refractivity contribution < 1.29 is 9.15 Å². The summed E-state index contributed by atoms with van der Waals surface area (Å²) < 4.78 is 15.1. The lowest BCUT2D eigenvalue weighted by Crippen LogP contribution is -2.58. The Morgan fingerprint density at radius 2 is 1.75 bits per heavy atom. The van der Waals surface area contributed by atoms with Gasteiger partial charge in [0.25, 0.3) is 0 Å². The highest BCUT2D eigenvalue weighted by Gasteiger charge is 2.60. The number of nitrogens with zero attached hydrogens (tertiary/aromatic N) is 1. The summed E-state index contributed by atoms with van der Waals surface area (Å²) in [6.45, 7) is 0. The van der Waals surface area contributed by atoms with Gasteiger partial charge in [-0.1, -0.05) is 0 Å². The fourth-order valence-electron chi connectivity index (χ4n) is 3.50. The summed E-state index contributed by atoms with van der Waals surface area (Å²) in [4.78, 5) is 11.5. The number of piperidine rings is 2. The molecule has 4 rings (SSSR count). The van der Waals surface area contributed by atoms with Crippen LogP contribution in [0.5, 0.6) is 0 Å². The molecule has 66 valence electrons. The summed E-state index contributed by atoms with van der Waals surface area (Å²) >= 11 is 0. The fourth-order valence-corrected chi connectivity index (χ4v) is 3.50. The summed E-state index contributed by atoms with van der Waals surface area (Å²) in [7, 11) is 0. The molecule has 2 atom stereocenters. The lowest BCUT2D eigenvalue weighted by molar-refractivity contribution is -0.657. The third-order valence-corrected chi connectivity index (χ3v) is 3.79. The van der Waals surface area contributed by atoms with E-state index in [0.717, 1.165) is 19.3 Å². The lowest BCUT2D eigenvalue weighted by Gasteiger charge is -2.46. The van der Waals surface area contributed by atoms with Crippen LogP contribution in [0.4, 0.5) is 4.39 Å². The lowest BCUT2D eigenvalue weighted by atomic mass is 9.63. The molecule has 4 bridgehead atoms. The number of hydrogen-bond acceptors (Lipinski definition) is 1. The molecular formula is C9H13FNO+. The number of halogens is 1. The zero-order valence-electron chi connectivity index (χ0n) is 7.00. The smallest absolute Gasteiger partial charge is 0.205 e. The summed E-state index contributed by atoms with van der Waals surface area (Å²) in [6, 6.07) is 0.0301. The van der Waals surface area contributed by atoms with E-state index in [9.17, 15) is 9.30 Å². The van der Waals surface area contributed by atoms with Crippen LogP contribution < -0.4 is 0 Å². The molecule has 2 unspecified atom stereocenters. The van der Waals surface area contributed by atoms with Crippen LogP contribution >= 0.6 is 0 Å². The van der Waals surface area contributed by atoms with Crippen LogP contribution in [-0.2, 0) is 0 Å². The first-order valence-corrected chi connectivity index (χ1v) is 4.81. The van der Waals surface area contributed by atoms with Crippen molar-refractivity contribution in [2.24, 2.45) is 5.92 Å². The van der Waals surface area contributed by atoms with Gasteiger partial charge in [0, 0.05) is 35.4 Å². The van der Waals surface area contributed by atoms with Gasteiger partial charge < -0.3 is 0 Å². The molecule has 4 fully saturated rings. The zero-order chi connectivity index (χ0) is 8.34. The second-order valence-electron chi connectivity index (χ2n) is 4.77. The molecule has 2 aliphatic carbocycles. The van der Waals surface area contributed by atoms with E-state index in [1.54, 1.807) is 0 Å². The van der Waals surface area contributed by atoms with Crippen molar-refractivity contribution in [1.82, 2.24) is 0 Å². The minimum atomic E-state index is -0.961. The first-order chi connectivity index (χ1) is 5.66. The molecule has 0 spiro atoms. The van der Waals surface area contributed by atoms with E-state index in [-0.39, 0.29) is 12.1 Å². The zero-order valence-corrected chi connectivity index (χ0v) is 7.00. The fraction of sp³-hybridized carbons (Fsp3) is 1.00. The maximum atomic E-state index is 13.9. The van der Waals surface area contributed by atoms with Gasteiger partial charge in [-0.3, -0.25) is 0 Å². The molecule has 2 saturated heterocycles. The molecule has 0 aromatic rings. The number of hydrogen-bond donors (Lipinski definition) is 0. The van der Waals surface area contributed by atoms with Gasteiger partial charge in [-0.2, -0.15) is 0 Å². The van der Waals surface area contributed by atoms with E-state index in [1.165, 1.54) is 4.76 Å². The highest BCUT2D eigenvalue weighted by atomic mass is 19.1. The van der Waals surface area contributed by atoms with E-state index in [4.69, 9.17) is 0 Å². The Hall–Kier alpha value is -0.470. The molecule has 2 nitrogen and oxygen atoms in total. The third-order valence-electron chi connectivity index (χ3n) is 3.79. The highest BCUT2D eigenvalue weighted by molar-refractivity contribution is 5.01. The Bertz CT molecular complexity index is 235. The van der Waals surface area contributed by atoms with Crippen molar-refractivity contribution in [3.63, 3.8) is 0 Å². The van der Waals surface area contributed by atoms with Gasteiger partial charge in [-0.05, 0) is 12.3 Å². The summed E-state index contributed by atoms with van der Waals surface area (Å²) in [5.41, 5.74) is -0.961. The molecule has 2 heterocycles. The maximum absolute atomic E-state index is 13.9. The van der Waals surface area contributed by atoms with Gasteiger partial charge >= 0.3 is 0 Å². The monoisotopic (exact) mass is 170 g/mol. The van der Waals surface area contributed by atoms with Crippen molar-refractivity contribution in [3.05, 3.63) is 4.91 Å². The second-order valence-corrected chi connectivity index (χ2v) is 4.77. The molecule has 0 radical (unpaired) electrons. The Labute approximate surface area is 70.7 Å². The highest BCUT2D eigenvalue weighted by Crippen LogP contribution is 2.51. The third kappa shape index (κ3) is 0.744. The van der Waals surface area contributed by atoms with Crippen molar-refractivity contribution in [2.45, 2.75) is 49.9 Å². The standard InChI is InChI=1S/C9H13FNO/c10-9-3-6-1-7(4-9)11(12)8(2-6)5-9/h6-8H,1-5H2/q+1. The van der Waals surface area contributed by atoms with Crippen LogP contribution in [0.1, 0.15) is 32.1 Å². The van der Waals surface area contributed by atoms with Gasteiger partial charge in [-0.25, -0.2) is 4.39 Å². The Balaban J connectivity index is 2.00. The number of nitroso groups, excluding NO2 is 1. The first-order valence-electron chi connectivity index (χ1n) is 4.81. The van der Waals surface area contributed by atoms with Gasteiger partial charge in [0.1, 0.15) is 5.67 Å². The molecular weight excluding hydrogens is 157 g/mol. The Kier molecular flexibility index (Phi) is 1.10. The number of alkyl halides is 1. The average molecular weight is 170 g/mol. The molecule has 2 aliphatic heterocycles. The summed E-state index contributed by atoms with van der Waals surface area (Å²) in [6.07, 6.45) is 3.64. The largest absolute Gasteiger partial charge is 0.243 e. The van der Waals surface area contributed by atoms with Crippen LogP contribution in [0.2, 0.25) is 0 Å². The summed E-state index contributed by atoms with van der Waals surface area (Å²) in [5.74, 6) is 0.512. The van der Waals surface area contributed by atoms with Gasteiger partial charge in [0.15, 0.2) is 0 Å². The molecule has 0 amide bonds. The van der Waals surface area contributed by atoms with Gasteiger partial charge in [-0.15, -0.1) is 0 Å². The van der Waals surface area contributed by atoms with E-state index < -0.39 is 5.67 Å². The molecule has 0 N–H and O–H groups in total. The normalized spacial score (nSPS) is 56.4. The molecule has 0 aromatic carbocycles. The molecule has 12 heavy (non-hydrogen) atoms. The first kappa shape index (κ1) is 6.98. The molecule has 0 aromatic heterocycles. The van der Waals surface area contributed by atoms with Crippen molar-refractivity contribution >= 4 is 0 Å². The predicted octanol–water partition coefficient (Wildman–Crippen LogP) is 1.82. The Morgan fingerprint density at radius 1 is 1.17 bits per heavy atom. The van der Waals surface area contributed by atoms with Crippen LogP contribution in [0.3, 0.4) is 0 Å².